The zero-order chi connectivity index (χ0) is 20.2. The lowest BCUT2D eigenvalue weighted by molar-refractivity contribution is -0.117. The minimum absolute atomic E-state index is 0.117. The molecule has 7 nitrogen and oxygen atoms in total. The molecule has 0 saturated heterocycles. The molecule has 2 N–H and O–H groups in total. The Balaban J connectivity index is 2.12. The van der Waals surface area contributed by atoms with Crippen molar-refractivity contribution in [3.05, 3.63) is 59.7 Å². The largest absolute Gasteiger partial charge is 0.341 e. The van der Waals surface area contributed by atoms with Crippen molar-refractivity contribution in [3.63, 3.8) is 0 Å². The van der Waals surface area contributed by atoms with Crippen LogP contribution in [0.5, 0.6) is 0 Å². The van der Waals surface area contributed by atoms with Gasteiger partial charge in [-0.15, -0.1) is 0 Å². The monoisotopic (exact) mass is 389 g/mol. The number of sulfonamides is 1. The topological polar surface area (TPSA) is 95.6 Å². The Hall–Kier alpha value is -2.71. The fourth-order valence-electron chi connectivity index (χ4n) is 2.34. The summed E-state index contributed by atoms with van der Waals surface area (Å²) in [6.45, 7) is 3.24. The number of rotatable bonds is 6. The van der Waals surface area contributed by atoms with E-state index in [1.807, 2.05) is 0 Å². The Morgan fingerprint density at radius 2 is 1.67 bits per heavy atom. The molecule has 0 bridgehead atoms. The average Bonchev–Trinajstić information content (AvgIpc) is 2.63. The lowest BCUT2D eigenvalue weighted by Gasteiger charge is -2.17. The van der Waals surface area contributed by atoms with Crippen LogP contribution in [-0.2, 0) is 14.8 Å². The second kappa shape index (κ2) is 8.32. The first-order valence-corrected chi connectivity index (χ1v) is 9.77. The predicted octanol–water partition coefficient (Wildman–Crippen LogP) is 2.00. The molecule has 0 saturated carbocycles. The summed E-state index contributed by atoms with van der Waals surface area (Å²) in [5, 5.41) is 5.25. The Labute approximate surface area is 159 Å². The van der Waals surface area contributed by atoms with Gasteiger partial charge in [-0.25, -0.2) is 12.7 Å². The summed E-state index contributed by atoms with van der Waals surface area (Å²) in [6, 6.07) is 12.4. The minimum atomic E-state index is -3.63. The molecular weight excluding hydrogens is 366 g/mol. The number of nitrogens with zero attached hydrogens (tertiary/aromatic N) is 1. The number of hydrogen-bond acceptors (Lipinski definition) is 4. The first-order chi connectivity index (χ1) is 12.6. The van der Waals surface area contributed by atoms with E-state index in [0.29, 0.717) is 16.8 Å². The third-order valence-corrected chi connectivity index (χ3v) is 5.95. The van der Waals surface area contributed by atoms with Crippen LogP contribution in [0.2, 0.25) is 0 Å². The summed E-state index contributed by atoms with van der Waals surface area (Å²) in [4.78, 5) is 24.6. The number of aryl methyl sites for hydroxylation is 1. The molecule has 0 spiro atoms. The number of carbonyl (C=O) groups is 2. The van der Waals surface area contributed by atoms with E-state index in [0.717, 1.165) is 4.31 Å². The Morgan fingerprint density at radius 1 is 1.04 bits per heavy atom. The minimum Gasteiger partial charge on any atom is -0.341 e. The maximum Gasteiger partial charge on any atom is 0.251 e. The standard InChI is InChI=1S/C19H23N3O4S/c1-13-10-11-16(12-17(13)27(25,26)22(3)4)21-18(23)14(2)20-19(24)15-8-6-5-7-9-15/h5-12,14H,1-4H3,(H,20,24)(H,21,23). The molecule has 0 aliphatic heterocycles. The molecule has 0 aliphatic rings. The quantitative estimate of drug-likeness (QED) is 0.790. The van der Waals surface area contributed by atoms with Gasteiger partial charge in [0.2, 0.25) is 15.9 Å². The van der Waals surface area contributed by atoms with Crippen molar-refractivity contribution in [2.45, 2.75) is 24.8 Å². The summed E-state index contributed by atoms with van der Waals surface area (Å²) in [5.41, 5.74) is 1.37. The van der Waals surface area contributed by atoms with Gasteiger partial charge in [-0.3, -0.25) is 9.59 Å². The molecule has 2 rings (SSSR count). The van der Waals surface area contributed by atoms with E-state index in [9.17, 15) is 18.0 Å². The summed E-state index contributed by atoms with van der Waals surface area (Å²) in [5.74, 6) is -0.811. The van der Waals surface area contributed by atoms with Gasteiger partial charge in [-0.2, -0.15) is 0 Å². The van der Waals surface area contributed by atoms with E-state index < -0.39 is 22.0 Å². The maximum absolute atomic E-state index is 12.4. The van der Waals surface area contributed by atoms with Crippen LogP contribution in [0.3, 0.4) is 0 Å². The molecule has 1 atom stereocenters. The normalized spacial score (nSPS) is 12.5. The predicted molar refractivity (Wildman–Crippen MR) is 104 cm³/mol. The van der Waals surface area contributed by atoms with E-state index in [1.165, 1.54) is 20.2 Å². The van der Waals surface area contributed by atoms with Crippen LogP contribution in [0, 0.1) is 6.92 Å². The van der Waals surface area contributed by atoms with Crippen LogP contribution >= 0.6 is 0 Å². The van der Waals surface area contributed by atoms with Crippen molar-refractivity contribution >= 4 is 27.5 Å². The fraction of sp³-hybridized carbons (Fsp3) is 0.263. The van der Waals surface area contributed by atoms with E-state index in [2.05, 4.69) is 10.6 Å². The number of hydrogen-bond donors (Lipinski definition) is 2. The first-order valence-electron chi connectivity index (χ1n) is 8.33. The molecule has 144 valence electrons. The van der Waals surface area contributed by atoms with E-state index in [-0.39, 0.29) is 10.8 Å². The van der Waals surface area contributed by atoms with Crippen LogP contribution in [0.25, 0.3) is 0 Å². The fourth-order valence-corrected chi connectivity index (χ4v) is 3.48. The van der Waals surface area contributed by atoms with E-state index >= 15 is 0 Å². The van der Waals surface area contributed by atoms with Gasteiger partial charge >= 0.3 is 0 Å². The van der Waals surface area contributed by atoms with Crippen molar-refractivity contribution < 1.29 is 18.0 Å². The number of benzene rings is 2. The Morgan fingerprint density at radius 3 is 2.26 bits per heavy atom. The second-order valence-electron chi connectivity index (χ2n) is 6.32. The van der Waals surface area contributed by atoms with Crippen molar-refractivity contribution in [2.75, 3.05) is 19.4 Å². The summed E-state index contributed by atoms with van der Waals surface area (Å²) < 4.78 is 25.9. The molecule has 0 fully saturated rings. The van der Waals surface area contributed by atoms with Crippen LogP contribution in [0.1, 0.15) is 22.8 Å². The summed E-state index contributed by atoms with van der Waals surface area (Å²) in [7, 11) is -0.738. The lowest BCUT2D eigenvalue weighted by Crippen LogP contribution is -2.41. The molecule has 2 aromatic carbocycles. The first kappa shape index (κ1) is 20.6. The Kier molecular flexibility index (Phi) is 6.35. The molecule has 8 heteroatoms. The van der Waals surface area contributed by atoms with Gasteiger partial charge < -0.3 is 10.6 Å². The SMILES string of the molecule is Cc1ccc(NC(=O)C(C)NC(=O)c2ccccc2)cc1S(=O)(=O)N(C)C. The second-order valence-corrected chi connectivity index (χ2v) is 8.44. The van der Waals surface area contributed by atoms with Gasteiger partial charge in [0.05, 0.1) is 4.90 Å². The van der Waals surface area contributed by atoms with Crippen molar-refractivity contribution in [2.24, 2.45) is 0 Å². The van der Waals surface area contributed by atoms with Crippen LogP contribution in [0.15, 0.2) is 53.4 Å². The molecule has 2 amide bonds. The van der Waals surface area contributed by atoms with E-state index in [4.69, 9.17) is 0 Å². The number of nitrogens with one attached hydrogen (secondary N) is 2. The molecule has 0 radical (unpaired) electrons. The maximum atomic E-state index is 12.4. The van der Waals surface area contributed by atoms with Gasteiger partial charge in [0.25, 0.3) is 5.91 Å². The summed E-state index contributed by atoms with van der Waals surface area (Å²) >= 11 is 0. The highest BCUT2D eigenvalue weighted by molar-refractivity contribution is 7.89. The highest BCUT2D eigenvalue weighted by Gasteiger charge is 2.21. The van der Waals surface area contributed by atoms with Crippen LogP contribution in [0.4, 0.5) is 5.69 Å². The number of anilines is 1. The van der Waals surface area contributed by atoms with Gasteiger partial charge in [0.15, 0.2) is 0 Å². The smallest absolute Gasteiger partial charge is 0.251 e. The third kappa shape index (κ3) is 4.93. The summed E-state index contributed by atoms with van der Waals surface area (Å²) in [6.07, 6.45) is 0. The highest BCUT2D eigenvalue weighted by atomic mass is 32.2. The molecule has 1 unspecified atom stereocenters. The van der Waals surface area contributed by atoms with Gasteiger partial charge in [0.1, 0.15) is 6.04 Å². The van der Waals surface area contributed by atoms with E-state index in [1.54, 1.807) is 56.3 Å². The molecule has 27 heavy (non-hydrogen) atoms. The van der Waals surface area contributed by atoms with Gasteiger partial charge in [0, 0.05) is 25.3 Å². The van der Waals surface area contributed by atoms with Crippen LogP contribution in [-0.4, -0.2) is 44.7 Å². The van der Waals surface area contributed by atoms with Crippen molar-refractivity contribution in [1.82, 2.24) is 9.62 Å². The average molecular weight is 389 g/mol. The van der Waals surface area contributed by atoms with Crippen molar-refractivity contribution in [3.8, 4) is 0 Å². The zero-order valence-corrected chi connectivity index (χ0v) is 16.5. The van der Waals surface area contributed by atoms with Gasteiger partial charge in [-0.1, -0.05) is 24.3 Å². The molecule has 0 heterocycles. The van der Waals surface area contributed by atoms with Gasteiger partial charge in [-0.05, 0) is 43.7 Å². The third-order valence-electron chi connectivity index (χ3n) is 3.99. The number of amides is 2. The van der Waals surface area contributed by atoms with Crippen LogP contribution < -0.4 is 10.6 Å². The molecule has 0 aliphatic carbocycles. The molecular formula is C19H23N3O4S. The number of carbonyl (C=O) groups excluding carboxylic acids is 2. The van der Waals surface area contributed by atoms with Crippen molar-refractivity contribution in [1.29, 1.82) is 0 Å². The highest BCUT2D eigenvalue weighted by Crippen LogP contribution is 2.22. The molecule has 0 aromatic heterocycles. The molecule has 2 aromatic rings. The lowest BCUT2D eigenvalue weighted by atomic mass is 10.2. The Bertz CT molecular complexity index is 941. The zero-order valence-electron chi connectivity index (χ0n) is 15.7.